The average molecular weight is 321 g/mol. The summed E-state index contributed by atoms with van der Waals surface area (Å²) >= 11 is 0. The van der Waals surface area contributed by atoms with E-state index in [0.29, 0.717) is 5.56 Å². The molecule has 0 aliphatic carbocycles. The van der Waals surface area contributed by atoms with Crippen LogP contribution in [0.1, 0.15) is 11.1 Å². The number of benzene rings is 1. The second-order valence-electron chi connectivity index (χ2n) is 4.35. The minimum absolute atomic E-state index is 0. The zero-order valence-electron chi connectivity index (χ0n) is 11.4. The van der Waals surface area contributed by atoms with E-state index in [1.807, 2.05) is 0 Å². The first-order valence-corrected chi connectivity index (χ1v) is 6.18. The molecule has 0 aliphatic heterocycles. The van der Waals surface area contributed by atoms with Crippen molar-refractivity contribution in [2.45, 2.75) is 6.54 Å². The topological polar surface area (TPSA) is 84.3 Å². The van der Waals surface area contributed by atoms with Crippen molar-refractivity contribution in [3.63, 3.8) is 0 Å². The van der Waals surface area contributed by atoms with Gasteiger partial charge < -0.3 is 17.5 Å². The largest absolute Gasteiger partial charge is 1.00 e. The Balaban J connectivity index is 0.00000242. The first kappa shape index (κ1) is 17.3. The van der Waals surface area contributed by atoms with Gasteiger partial charge >= 0.3 is 5.97 Å². The lowest BCUT2D eigenvalue weighted by atomic mass is 10.1. The summed E-state index contributed by atoms with van der Waals surface area (Å²) in [5, 5.41) is 19.6. The number of carboxylic acid groups (broad SMARTS) is 1. The SMILES string of the molecule is O=C(O)C[n+]1ccc(/C=C\c2ccccc2[N+](=O)[O-])cc1.[Cl-]. The zero-order valence-corrected chi connectivity index (χ0v) is 12.2. The highest BCUT2D eigenvalue weighted by Crippen LogP contribution is 2.19. The van der Waals surface area contributed by atoms with Crippen molar-refractivity contribution >= 4 is 23.8 Å². The fraction of sp³-hybridized carbons (Fsp3) is 0.0667. The zero-order chi connectivity index (χ0) is 15.2. The van der Waals surface area contributed by atoms with Crippen LogP contribution >= 0.6 is 0 Å². The maximum atomic E-state index is 10.9. The number of aliphatic carboxylic acids is 1. The Morgan fingerprint density at radius 1 is 1.18 bits per heavy atom. The van der Waals surface area contributed by atoms with Crippen LogP contribution in [-0.4, -0.2) is 16.0 Å². The highest BCUT2D eigenvalue weighted by atomic mass is 35.5. The number of nitro groups is 1. The highest BCUT2D eigenvalue weighted by molar-refractivity contribution is 5.73. The first-order valence-electron chi connectivity index (χ1n) is 6.18. The predicted molar refractivity (Wildman–Crippen MR) is 76.3 cm³/mol. The van der Waals surface area contributed by atoms with Gasteiger partial charge in [-0.1, -0.05) is 18.2 Å². The van der Waals surface area contributed by atoms with Gasteiger partial charge in [0, 0.05) is 18.2 Å². The molecule has 1 aromatic carbocycles. The lowest BCUT2D eigenvalue weighted by Gasteiger charge is -1.97. The van der Waals surface area contributed by atoms with Crippen molar-refractivity contribution in [2.24, 2.45) is 0 Å². The second-order valence-corrected chi connectivity index (χ2v) is 4.35. The second kappa shape index (κ2) is 7.90. The van der Waals surface area contributed by atoms with E-state index >= 15 is 0 Å². The van der Waals surface area contributed by atoms with Crippen LogP contribution in [0.2, 0.25) is 0 Å². The Morgan fingerprint density at radius 3 is 2.41 bits per heavy atom. The molecule has 22 heavy (non-hydrogen) atoms. The van der Waals surface area contributed by atoms with E-state index in [4.69, 9.17) is 5.11 Å². The van der Waals surface area contributed by atoms with E-state index in [2.05, 4.69) is 0 Å². The number of para-hydroxylation sites is 1. The number of halogens is 1. The van der Waals surface area contributed by atoms with Crippen molar-refractivity contribution in [3.05, 3.63) is 70.0 Å². The molecule has 0 amide bonds. The molecule has 0 bridgehead atoms. The molecular weight excluding hydrogens is 308 g/mol. The molecule has 0 radical (unpaired) electrons. The summed E-state index contributed by atoms with van der Waals surface area (Å²) in [6.45, 7) is -0.103. The summed E-state index contributed by atoms with van der Waals surface area (Å²) in [6.07, 6.45) is 6.70. The molecule has 0 saturated heterocycles. The van der Waals surface area contributed by atoms with Gasteiger partial charge in [-0.2, -0.15) is 4.57 Å². The van der Waals surface area contributed by atoms with Crippen molar-refractivity contribution in [1.29, 1.82) is 0 Å². The number of hydrogen-bond donors (Lipinski definition) is 1. The van der Waals surface area contributed by atoms with E-state index in [1.165, 1.54) is 10.6 Å². The standard InChI is InChI=1S/C15H12N2O4.ClH/c18-15(19)11-16-9-7-12(8-10-16)5-6-13-3-1-2-4-14(13)17(20)21;/h1-10H,11H2;1H/b6-5-;. The van der Waals surface area contributed by atoms with Gasteiger partial charge in [-0.3, -0.25) is 10.1 Å². The molecule has 1 heterocycles. The van der Waals surface area contributed by atoms with E-state index < -0.39 is 10.9 Å². The van der Waals surface area contributed by atoms with Crippen molar-refractivity contribution in [1.82, 2.24) is 0 Å². The summed E-state index contributed by atoms with van der Waals surface area (Å²) < 4.78 is 1.53. The Bertz CT molecular complexity index is 699. The van der Waals surface area contributed by atoms with E-state index in [-0.39, 0.29) is 24.6 Å². The van der Waals surface area contributed by atoms with Gasteiger partial charge in [0.1, 0.15) is 0 Å². The maximum absolute atomic E-state index is 10.9. The van der Waals surface area contributed by atoms with Gasteiger partial charge in [-0.15, -0.1) is 0 Å². The maximum Gasteiger partial charge on any atom is 0.370 e. The molecule has 0 saturated carbocycles. The van der Waals surface area contributed by atoms with Crippen molar-refractivity contribution in [2.75, 3.05) is 0 Å². The molecule has 0 aliphatic rings. The minimum atomic E-state index is -0.914. The third-order valence-corrected chi connectivity index (χ3v) is 2.82. The monoisotopic (exact) mass is 320 g/mol. The summed E-state index contributed by atoms with van der Waals surface area (Å²) in [5.74, 6) is -0.914. The molecule has 0 spiro atoms. The first-order chi connectivity index (χ1) is 10.1. The lowest BCUT2D eigenvalue weighted by molar-refractivity contribution is -0.685. The van der Waals surface area contributed by atoms with E-state index in [1.54, 1.807) is 54.9 Å². The number of carbonyl (C=O) groups is 1. The van der Waals surface area contributed by atoms with Crippen LogP contribution < -0.4 is 17.0 Å². The molecule has 114 valence electrons. The third kappa shape index (κ3) is 4.68. The van der Waals surface area contributed by atoms with Crippen LogP contribution in [0.25, 0.3) is 12.2 Å². The van der Waals surface area contributed by atoms with Crippen LogP contribution in [0.5, 0.6) is 0 Å². The molecular formula is C15H13ClN2O4. The Hall–Kier alpha value is -2.73. The Morgan fingerprint density at radius 2 is 1.82 bits per heavy atom. The van der Waals surface area contributed by atoms with Gasteiger partial charge in [0.2, 0.25) is 6.54 Å². The van der Waals surface area contributed by atoms with Crippen LogP contribution in [-0.2, 0) is 11.3 Å². The summed E-state index contributed by atoms with van der Waals surface area (Å²) in [6, 6.07) is 9.96. The number of aromatic nitrogens is 1. The molecule has 0 atom stereocenters. The predicted octanol–water partition coefficient (Wildman–Crippen LogP) is -0.859. The molecule has 2 rings (SSSR count). The summed E-state index contributed by atoms with van der Waals surface area (Å²) in [7, 11) is 0. The Kier molecular flexibility index (Phi) is 6.22. The molecule has 0 fully saturated rings. The van der Waals surface area contributed by atoms with Gasteiger partial charge in [0.05, 0.1) is 10.5 Å². The summed E-state index contributed by atoms with van der Waals surface area (Å²) in [4.78, 5) is 21.0. The quantitative estimate of drug-likeness (QED) is 0.441. The summed E-state index contributed by atoms with van der Waals surface area (Å²) in [5.41, 5.74) is 1.39. The molecule has 0 unspecified atom stereocenters. The van der Waals surface area contributed by atoms with Crippen LogP contribution in [0.4, 0.5) is 5.69 Å². The number of nitro benzene ring substituents is 1. The van der Waals surface area contributed by atoms with Crippen LogP contribution in [0.3, 0.4) is 0 Å². The third-order valence-electron chi connectivity index (χ3n) is 2.82. The normalized spacial score (nSPS) is 10.2. The Labute approximate surface area is 132 Å². The smallest absolute Gasteiger partial charge is 0.370 e. The van der Waals surface area contributed by atoms with Gasteiger partial charge in [-0.25, -0.2) is 4.79 Å². The number of hydrogen-bond acceptors (Lipinski definition) is 3. The van der Waals surface area contributed by atoms with Crippen molar-refractivity contribution in [3.8, 4) is 0 Å². The number of carboxylic acids is 1. The van der Waals surface area contributed by atoms with Gasteiger partial charge in [0.15, 0.2) is 12.4 Å². The van der Waals surface area contributed by atoms with Gasteiger partial charge in [0.25, 0.3) is 5.69 Å². The molecule has 1 aromatic heterocycles. The number of rotatable bonds is 5. The number of pyridine rings is 1. The fourth-order valence-electron chi connectivity index (χ4n) is 1.82. The van der Waals surface area contributed by atoms with Gasteiger partial charge in [-0.05, 0) is 17.7 Å². The molecule has 7 heteroatoms. The molecule has 1 N–H and O–H groups in total. The van der Waals surface area contributed by atoms with Crippen LogP contribution in [0.15, 0.2) is 48.8 Å². The minimum Gasteiger partial charge on any atom is -1.00 e. The number of nitrogens with zero attached hydrogens (tertiary/aromatic N) is 2. The molecule has 6 nitrogen and oxygen atoms in total. The average Bonchev–Trinajstić information content (AvgIpc) is 2.46. The van der Waals surface area contributed by atoms with E-state index in [9.17, 15) is 14.9 Å². The lowest BCUT2D eigenvalue weighted by Crippen LogP contribution is -3.00. The highest BCUT2D eigenvalue weighted by Gasteiger charge is 2.09. The van der Waals surface area contributed by atoms with E-state index in [0.717, 1.165) is 5.56 Å². The molecule has 2 aromatic rings. The van der Waals surface area contributed by atoms with Crippen molar-refractivity contribution < 1.29 is 31.8 Å². The van der Waals surface area contributed by atoms with Crippen LogP contribution in [0, 0.1) is 10.1 Å². The fourth-order valence-corrected chi connectivity index (χ4v) is 1.82.